The molecule has 8 nitrogen and oxygen atoms in total. The van der Waals surface area contributed by atoms with Crippen LogP contribution in [0.4, 0.5) is 4.79 Å². The van der Waals surface area contributed by atoms with Crippen molar-refractivity contribution in [3.63, 3.8) is 0 Å². The Balaban J connectivity index is 0.000000423. The molecule has 0 aliphatic carbocycles. The third kappa shape index (κ3) is 18.5. The van der Waals surface area contributed by atoms with E-state index in [1.807, 2.05) is 120 Å². The van der Waals surface area contributed by atoms with Crippen molar-refractivity contribution in [2.24, 2.45) is 5.73 Å². The number of ether oxygens (including phenoxy) is 2. The highest BCUT2D eigenvalue weighted by Gasteiger charge is 2.50. The second-order valence-electron chi connectivity index (χ2n) is 17.0. The number of nitrogens with two attached hydrogens (primary N) is 1. The molecule has 60 heavy (non-hydrogen) atoms. The van der Waals surface area contributed by atoms with Gasteiger partial charge in [0.15, 0.2) is 0 Å². The topological polar surface area (TPSA) is 119 Å². The van der Waals surface area contributed by atoms with Crippen LogP contribution in [-0.4, -0.2) is 63.3 Å². The Hall–Kier alpha value is -4.34. The van der Waals surface area contributed by atoms with E-state index >= 15 is 0 Å². The predicted molar refractivity (Wildman–Crippen MR) is 246 cm³/mol. The second-order valence-corrected chi connectivity index (χ2v) is 17.0. The van der Waals surface area contributed by atoms with Crippen LogP contribution in [0.1, 0.15) is 116 Å². The third-order valence-corrected chi connectivity index (χ3v) is 10.4. The molecule has 9 heteroatoms. The van der Waals surface area contributed by atoms with Crippen molar-refractivity contribution in [1.82, 2.24) is 4.90 Å². The van der Waals surface area contributed by atoms with Crippen LogP contribution >= 0.6 is 12.4 Å². The molecular formula is C51H71ClN2O6. The molecule has 0 bridgehead atoms. The van der Waals surface area contributed by atoms with Gasteiger partial charge >= 0.3 is 6.09 Å². The number of carbonyl (C=O) groups excluding carboxylic acids is 3. The van der Waals surface area contributed by atoms with E-state index in [1.54, 1.807) is 4.90 Å². The molecule has 4 aromatic carbocycles. The number of aliphatic hydroxyl groups is 1. The Labute approximate surface area is 366 Å². The maximum Gasteiger partial charge on any atom is 0.412 e. The zero-order valence-electron chi connectivity index (χ0n) is 35.8. The molecule has 0 aromatic heterocycles. The molecule has 0 radical (unpaired) electrons. The van der Waals surface area contributed by atoms with Crippen molar-refractivity contribution in [3.05, 3.63) is 144 Å². The van der Waals surface area contributed by atoms with Gasteiger partial charge in [-0.25, -0.2) is 4.79 Å². The number of rotatable bonds is 19. The molecule has 1 aliphatic heterocycles. The van der Waals surface area contributed by atoms with Gasteiger partial charge in [-0.05, 0) is 108 Å². The Bertz CT molecular complexity index is 1800. The molecule has 3 N–H and O–H groups in total. The van der Waals surface area contributed by atoms with Gasteiger partial charge in [0.2, 0.25) is 0 Å². The van der Waals surface area contributed by atoms with Crippen LogP contribution in [0.5, 0.6) is 0 Å². The van der Waals surface area contributed by atoms with E-state index < -0.39 is 17.4 Å². The summed E-state index contributed by atoms with van der Waals surface area (Å²) >= 11 is 0. The molecular weight excluding hydrogens is 772 g/mol. The summed E-state index contributed by atoms with van der Waals surface area (Å²) < 4.78 is 12.1. The van der Waals surface area contributed by atoms with E-state index in [1.165, 1.54) is 11.1 Å². The quantitative estimate of drug-likeness (QED) is 0.0965. The predicted octanol–water partition coefficient (Wildman–Crippen LogP) is 10.7. The largest absolute Gasteiger partial charge is 0.444 e. The van der Waals surface area contributed by atoms with Crippen LogP contribution in [0.15, 0.2) is 121 Å². The molecule has 1 amide bonds. The number of carbonyl (C=O) groups is 3. The average molecular weight is 844 g/mol. The lowest BCUT2D eigenvalue weighted by Crippen LogP contribution is -2.51. The SMILES string of the molecule is C.CC(C)(C)OC(=O)N1[C@@H](Cc2ccccc2)[C@H](CCC(=O)CCCc2ccccc2)OC1(C)C.Cl.N[C@@H](Cc1ccccc1)[C@@H](O)CCC(=O)CCCc1ccccc1. The van der Waals surface area contributed by atoms with Crippen LogP contribution in [0.3, 0.4) is 0 Å². The maximum absolute atomic E-state index is 13.2. The van der Waals surface area contributed by atoms with Crippen LogP contribution in [0.2, 0.25) is 0 Å². The van der Waals surface area contributed by atoms with Gasteiger partial charge in [-0.15, -0.1) is 12.4 Å². The number of aliphatic hydroxyl groups excluding tert-OH is 1. The number of Topliss-reactive ketones (excluding diaryl/α,β-unsaturated/α-hetero) is 2. The molecule has 0 saturated carbocycles. The monoisotopic (exact) mass is 843 g/mol. The number of aryl methyl sites for hydroxylation is 2. The van der Waals surface area contributed by atoms with Gasteiger partial charge < -0.3 is 20.3 Å². The van der Waals surface area contributed by atoms with Crippen molar-refractivity contribution < 1.29 is 29.0 Å². The summed E-state index contributed by atoms with van der Waals surface area (Å²) in [7, 11) is 0. The number of amides is 1. The third-order valence-electron chi connectivity index (χ3n) is 10.4. The molecule has 328 valence electrons. The molecule has 5 rings (SSSR count). The van der Waals surface area contributed by atoms with Gasteiger partial charge in [-0.3, -0.25) is 14.5 Å². The molecule has 0 unspecified atom stereocenters. The number of hydrogen-bond donors (Lipinski definition) is 2. The summed E-state index contributed by atoms with van der Waals surface area (Å²) in [6.45, 7) is 9.40. The van der Waals surface area contributed by atoms with Gasteiger partial charge in [-0.1, -0.05) is 129 Å². The van der Waals surface area contributed by atoms with Crippen LogP contribution in [0.25, 0.3) is 0 Å². The Morgan fingerprint density at radius 1 is 0.717 bits per heavy atom. The first kappa shape index (κ1) is 51.8. The van der Waals surface area contributed by atoms with Crippen LogP contribution < -0.4 is 5.73 Å². The first-order valence-electron chi connectivity index (χ1n) is 21.0. The van der Waals surface area contributed by atoms with Crippen LogP contribution in [0, 0.1) is 0 Å². The fourth-order valence-corrected chi connectivity index (χ4v) is 7.43. The smallest absolute Gasteiger partial charge is 0.412 e. The minimum Gasteiger partial charge on any atom is -0.444 e. The molecule has 1 aliphatic rings. The molecule has 4 aromatic rings. The zero-order valence-corrected chi connectivity index (χ0v) is 36.6. The molecule has 1 saturated heterocycles. The Morgan fingerprint density at radius 3 is 1.62 bits per heavy atom. The lowest BCUT2D eigenvalue weighted by Gasteiger charge is -2.35. The fraction of sp³-hybridized carbons (Fsp3) is 0.471. The molecule has 0 spiro atoms. The summed E-state index contributed by atoms with van der Waals surface area (Å²) in [6, 6.07) is 39.9. The first-order chi connectivity index (χ1) is 27.7. The minimum absolute atomic E-state index is 0. The zero-order chi connectivity index (χ0) is 42.0. The van der Waals surface area contributed by atoms with Gasteiger partial charge in [0.1, 0.15) is 22.9 Å². The minimum atomic E-state index is -0.817. The van der Waals surface area contributed by atoms with E-state index in [9.17, 15) is 19.5 Å². The Morgan fingerprint density at radius 2 is 1.15 bits per heavy atom. The normalized spacial score (nSPS) is 16.6. The molecule has 1 heterocycles. The second kappa shape index (κ2) is 26.1. The number of halogens is 1. The number of hydrogen-bond acceptors (Lipinski definition) is 7. The summed E-state index contributed by atoms with van der Waals surface area (Å²) in [6.07, 6.45) is 6.56. The van der Waals surface area contributed by atoms with Crippen molar-refractivity contribution in [2.75, 3.05) is 0 Å². The van der Waals surface area contributed by atoms with E-state index in [4.69, 9.17) is 15.2 Å². The van der Waals surface area contributed by atoms with E-state index in [2.05, 4.69) is 36.4 Å². The molecule has 4 atom stereocenters. The summed E-state index contributed by atoms with van der Waals surface area (Å²) in [5.41, 5.74) is 9.39. The van der Waals surface area contributed by atoms with Crippen LogP contribution in [-0.2, 0) is 44.7 Å². The van der Waals surface area contributed by atoms with Crippen molar-refractivity contribution in [3.8, 4) is 0 Å². The highest BCUT2D eigenvalue weighted by Crippen LogP contribution is 2.37. The molecule has 1 fully saturated rings. The highest BCUT2D eigenvalue weighted by atomic mass is 35.5. The standard InChI is InChI=1S/C29H39NO4.C21H27NO2.CH4.ClH/c1-28(2,3)34-27(32)30-25(21-23-15-10-7-11-16-23)26(33-29(30,4)5)20-19-24(31)18-12-17-22-13-8-6-9-14-22;22-20(16-18-10-5-2-6-11-18)21(24)15-14-19(23)13-7-12-17-8-3-1-4-9-17;;/h6-11,13-16,25-26H,12,17-21H2,1-5H3;1-6,8-11,20-21,24H,7,12-16,22H2;1H4;1H/t25-,26-;20-,21-;;/m00../s1. The van der Waals surface area contributed by atoms with E-state index in [0.717, 1.165) is 36.8 Å². The fourth-order valence-electron chi connectivity index (χ4n) is 7.43. The van der Waals surface area contributed by atoms with E-state index in [0.29, 0.717) is 51.4 Å². The Kier molecular flexibility index (Phi) is 22.5. The lowest BCUT2D eigenvalue weighted by molar-refractivity contribution is -0.121. The van der Waals surface area contributed by atoms with Gasteiger partial charge in [0, 0.05) is 31.7 Å². The summed E-state index contributed by atoms with van der Waals surface area (Å²) in [5.74, 6) is 0.448. The average Bonchev–Trinajstić information content (AvgIpc) is 3.45. The lowest BCUT2D eigenvalue weighted by atomic mass is 9.96. The number of ketones is 2. The summed E-state index contributed by atoms with van der Waals surface area (Å²) in [4.78, 5) is 39.6. The van der Waals surface area contributed by atoms with E-state index in [-0.39, 0.29) is 55.7 Å². The van der Waals surface area contributed by atoms with Gasteiger partial charge in [0.05, 0.1) is 18.2 Å². The van der Waals surface area contributed by atoms with Crippen molar-refractivity contribution in [1.29, 1.82) is 0 Å². The van der Waals surface area contributed by atoms with Gasteiger partial charge in [-0.2, -0.15) is 0 Å². The number of nitrogens with zero attached hydrogens (tertiary/aromatic N) is 1. The summed E-state index contributed by atoms with van der Waals surface area (Å²) in [5, 5.41) is 10.2. The highest BCUT2D eigenvalue weighted by molar-refractivity contribution is 5.85. The van der Waals surface area contributed by atoms with Crippen molar-refractivity contribution in [2.45, 2.75) is 155 Å². The maximum atomic E-state index is 13.2. The van der Waals surface area contributed by atoms with Gasteiger partial charge in [0.25, 0.3) is 0 Å². The number of benzene rings is 4. The first-order valence-corrected chi connectivity index (χ1v) is 21.0. The van der Waals surface area contributed by atoms with Crippen molar-refractivity contribution >= 4 is 30.1 Å².